The van der Waals surface area contributed by atoms with E-state index in [9.17, 15) is 43.5 Å². The second kappa shape index (κ2) is 20.5. The van der Waals surface area contributed by atoms with E-state index in [1.165, 1.54) is 0 Å². The Balaban J connectivity index is 2.23. The summed E-state index contributed by atoms with van der Waals surface area (Å²) in [6.45, 7) is 1.91. The lowest BCUT2D eigenvalue weighted by Gasteiger charge is -2.31. The van der Waals surface area contributed by atoms with Gasteiger partial charge >= 0.3 is 5.97 Å². The minimum atomic E-state index is -1.69. The maximum Gasteiger partial charge on any atom is 0.305 e. The van der Waals surface area contributed by atoms with Crippen LogP contribution in [-0.2, 0) is 38.4 Å². The largest absolute Gasteiger partial charge is 0.481 e. The molecule has 12 N–H and O–H groups in total. The van der Waals surface area contributed by atoms with Crippen LogP contribution in [0.3, 0.4) is 0 Å². The first kappa shape index (κ1) is 42.0. The van der Waals surface area contributed by atoms with Gasteiger partial charge in [0, 0.05) is 25.6 Å². The Kier molecular flexibility index (Phi) is 16.9. The molecule has 1 heterocycles. The Hall–Kier alpha value is -5.14. The van der Waals surface area contributed by atoms with E-state index < -0.39 is 115 Å². The molecule has 7 amide bonds. The summed E-state index contributed by atoms with van der Waals surface area (Å²) in [6.07, 6.45) is -0.841. The number of nitrogens with two attached hydrogens (primary N) is 2. The van der Waals surface area contributed by atoms with Crippen molar-refractivity contribution in [3.8, 4) is 0 Å². The maximum absolute atomic E-state index is 13.8. The zero-order valence-corrected chi connectivity index (χ0v) is 28.5. The number of nitrogens with one attached hydrogen (secondary N) is 5. The third kappa shape index (κ3) is 12.9. The third-order valence-corrected chi connectivity index (χ3v) is 8.07. The van der Waals surface area contributed by atoms with Gasteiger partial charge in [0.05, 0.1) is 32.0 Å². The molecule has 0 saturated carbocycles. The number of likely N-dealkylation sites (tertiary alicyclic amines) is 1. The monoisotopic (exact) mass is 720 g/mol. The Morgan fingerprint density at radius 2 is 1.53 bits per heavy atom. The number of carboxylic acids is 1. The lowest BCUT2D eigenvalue weighted by atomic mass is 9.90. The fourth-order valence-corrected chi connectivity index (χ4v) is 5.47. The van der Waals surface area contributed by atoms with E-state index in [4.69, 9.17) is 21.7 Å². The second-order valence-electron chi connectivity index (χ2n) is 12.3. The van der Waals surface area contributed by atoms with E-state index in [1.54, 1.807) is 44.2 Å². The average molecular weight is 721 g/mol. The fourth-order valence-electron chi connectivity index (χ4n) is 5.47. The number of hydrogen-bond donors (Lipinski definition) is 10. The van der Waals surface area contributed by atoms with Crippen molar-refractivity contribution in [3.05, 3.63) is 35.9 Å². The van der Waals surface area contributed by atoms with Crippen molar-refractivity contribution >= 4 is 47.3 Å². The molecule has 0 radical (unpaired) electrons. The summed E-state index contributed by atoms with van der Waals surface area (Å²) in [5, 5.41) is 39.9. The number of aliphatic carboxylic acids is 1. The molecule has 19 heteroatoms. The van der Waals surface area contributed by atoms with E-state index in [2.05, 4.69) is 26.6 Å². The number of carbonyl (C=O) groups excluding carboxylic acids is 7. The van der Waals surface area contributed by atoms with Crippen molar-refractivity contribution in [3.63, 3.8) is 0 Å². The lowest BCUT2D eigenvalue weighted by molar-refractivity contribution is -0.144. The van der Waals surface area contributed by atoms with Crippen LogP contribution < -0.4 is 38.1 Å². The van der Waals surface area contributed by atoms with Crippen LogP contribution in [-0.4, -0.2) is 131 Å². The summed E-state index contributed by atoms with van der Waals surface area (Å²) in [5.74, 6) is -8.52. The van der Waals surface area contributed by atoms with Crippen LogP contribution in [0.2, 0.25) is 0 Å². The minimum Gasteiger partial charge on any atom is -0.481 e. The van der Waals surface area contributed by atoms with E-state index in [0.29, 0.717) is 12.0 Å². The molecule has 282 valence electrons. The predicted octanol–water partition coefficient (Wildman–Crippen LogP) is -4.23. The first-order valence-corrected chi connectivity index (χ1v) is 16.4. The molecule has 19 nitrogen and oxygen atoms in total. The number of amides is 7. The molecule has 2 rings (SSSR count). The standard InChI is InChI=1S/C32H48N8O11/c1-17(2)26(30(49)36-15-24(44)35-10-6-12-41)39-29(48)22(16-42)38-28(47)21(14-23(34)43)37-31(50)27-19(18-7-4-3-5-8-18)9-11-40(27)32(51)20(33)13-25(45)46/h3-5,7-8,17,19-22,26-27,41-42H,6,9-16,33H2,1-2H3,(H2,34,43)(H,35,44)(H,36,49)(H,37,50)(H,38,47)(H,39,48)(H,45,46)/t19-,20-,21-,22-,26-,27-/m0/s1. The number of carbonyl (C=O) groups is 8. The highest BCUT2D eigenvalue weighted by atomic mass is 16.4. The van der Waals surface area contributed by atoms with E-state index in [0.717, 1.165) is 4.90 Å². The summed E-state index contributed by atoms with van der Waals surface area (Å²) >= 11 is 0. The van der Waals surface area contributed by atoms with E-state index in [-0.39, 0.29) is 26.1 Å². The second-order valence-corrected chi connectivity index (χ2v) is 12.3. The number of nitrogens with zero attached hydrogens (tertiary/aromatic N) is 1. The average Bonchev–Trinajstić information content (AvgIpc) is 3.53. The first-order valence-electron chi connectivity index (χ1n) is 16.4. The minimum absolute atomic E-state index is 0.0300. The molecule has 1 aromatic carbocycles. The van der Waals surface area contributed by atoms with Crippen LogP contribution in [0.25, 0.3) is 0 Å². The fraction of sp³-hybridized carbons (Fsp3) is 0.562. The molecule has 51 heavy (non-hydrogen) atoms. The van der Waals surface area contributed by atoms with Gasteiger partial charge in [-0.25, -0.2) is 0 Å². The van der Waals surface area contributed by atoms with Gasteiger partial charge in [0.1, 0.15) is 24.2 Å². The Labute approximate surface area is 294 Å². The number of carboxylic acid groups (broad SMARTS) is 1. The molecule has 6 atom stereocenters. The predicted molar refractivity (Wildman–Crippen MR) is 179 cm³/mol. The first-order chi connectivity index (χ1) is 24.1. The van der Waals surface area contributed by atoms with E-state index >= 15 is 0 Å². The Morgan fingerprint density at radius 3 is 2.10 bits per heavy atom. The number of hydrogen-bond acceptors (Lipinski definition) is 11. The molecule has 0 aromatic heterocycles. The summed E-state index contributed by atoms with van der Waals surface area (Å²) in [6, 6.07) is 1.34. The van der Waals surface area contributed by atoms with Crippen molar-refractivity contribution in [1.29, 1.82) is 0 Å². The molecule has 1 aromatic rings. The van der Waals surface area contributed by atoms with Gasteiger partial charge in [-0.15, -0.1) is 0 Å². The van der Waals surface area contributed by atoms with Crippen LogP contribution in [0.4, 0.5) is 0 Å². The molecular weight excluding hydrogens is 672 g/mol. The molecule has 0 spiro atoms. The quantitative estimate of drug-likeness (QED) is 0.0573. The van der Waals surface area contributed by atoms with Gasteiger partial charge in [-0.2, -0.15) is 0 Å². The molecule has 0 aliphatic carbocycles. The smallest absolute Gasteiger partial charge is 0.305 e. The number of benzene rings is 1. The number of rotatable bonds is 20. The van der Waals surface area contributed by atoms with Crippen LogP contribution in [0, 0.1) is 5.92 Å². The lowest BCUT2D eigenvalue weighted by Crippen LogP contribution is -2.60. The van der Waals surface area contributed by atoms with Gasteiger partial charge in [-0.1, -0.05) is 44.2 Å². The highest BCUT2D eigenvalue weighted by molar-refractivity contribution is 5.98. The van der Waals surface area contributed by atoms with Gasteiger partial charge in [0.15, 0.2) is 0 Å². The molecule has 0 bridgehead atoms. The van der Waals surface area contributed by atoms with Crippen LogP contribution in [0.1, 0.15) is 51.0 Å². The third-order valence-electron chi connectivity index (χ3n) is 8.07. The summed E-state index contributed by atoms with van der Waals surface area (Å²) in [5.41, 5.74) is 11.9. The summed E-state index contributed by atoms with van der Waals surface area (Å²) in [7, 11) is 0. The van der Waals surface area contributed by atoms with Crippen molar-refractivity contribution in [2.45, 2.75) is 75.7 Å². The number of aliphatic hydroxyl groups is 2. The van der Waals surface area contributed by atoms with Gasteiger partial charge in [-0.05, 0) is 24.3 Å². The molecule has 1 aliphatic heterocycles. The normalized spacial score (nSPS) is 17.7. The van der Waals surface area contributed by atoms with Gasteiger partial charge in [-0.3, -0.25) is 38.4 Å². The summed E-state index contributed by atoms with van der Waals surface area (Å²) < 4.78 is 0. The van der Waals surface area contributed by atoms with Gasteiger partial charge in [0.25, 0.3) is 0 Å². The Bertz CT molecular complexity index is 1410. The highest BCUT2D eigenvalue weighted by Gasteiger charge is 2.45. The van der Waals surface area contributed by atoms with Crippen molar-refractivity contribution in [1.82, 2.24) is 31.5 Å². The topological polar surface area (TPSA) is 313 Å². The zero-order valence-electron chi connectivity index (χ0n) is 28.5. The number of primary amides is 1. The maximum atomic E-state index is 13.8. The van der Waals surface area contributed by atoms with Crippen molar-refractivity contribution in [2.24, 2.45) is 17.4 Å². The molecule has 1 fully saturated rings. The van der Waals surface area contributed by atoms with Crippen LogP contribution >= 0.6 is 0 Å². The molecule has 1 aliphatic rings. The highest BCUT2D eigenvalue weighted by Crippen LogP contribution is 2.34. The number of aliphatic hydroxyl groups excluding tert-OH is 2. The van der Waals surface area contributed by atoms with Crippen LogP contribution in [0.5, 0.6) is 0 Å². The molecule has 1 saturated heterocycles. The van der Waals surface area contributed by atoms with Crippen molar-refractivity contribution in [2.75, 3.05) is 32.8 Å². The van der Waals surface area contributed by atoms with Gasteiger partial charge in [0.2, 0.25) is 41.4 Å². The Morgan fingerprint density at radius 1 is 0.882 bits per heavy atom. The van der Waals surface area contributed by atoms with Crippen LogP contribution in [0.15, 0.2) is 30.3 Å². The molecular formula is C32H48N8O11. The SMILES string of the molecule is CC(C)[C@H](NC(=O)[C@H](CO)NC(=O)[C@H](CC(N)=O)NC(=O)[C@@H]1[C@H](c2ccccc2)CCN1C(=O)[C@@H](N)CC(=O)O)C(=O)NCC(=O)NCCCO. The van der Waals surface area contributed by atoms with Crippen molar-refractivity contribution < 1.29 is 53.7 Å². The summed E-state index contributed by atoms with van der Waals surface area (Å²) in [4.78, 5) is 103. The zero-order chi connectivity index (χ0) is 38.2. The van der Waals surface area contributed by atoms with E-state index in [1.807, 2.05) is 0 Å². The molecule has 0 unspecified atom stereocenters. The van der Waals surface area contributed by atoms with Gasteiger partial charge < -0.3 is 58.3 Å².